The number of benzene rings is 1. The van der Waals surface area contributed by atoms with Crippen LogP contribution < -0.4 is 0 Å². The average Bonchev–Trinajstić information content (AvgIpc) is 2.24. The fourth-order valence-corrected chi connectivity index (χ4v) is 1.21. The van der Waals surface area contributed by atoms with Crippen LogP contribution in [0.4, 0.5) is 4.39 Å². The third kappa shape index (κ3) is 2.30. The molecule has 0 bridgehead atoms. The number of halogens is 2. The first-order valence-corrected chi connectivity index (χ1v) is 4.75. The zero-order valence-corrected chi connectivity index (χ0v) is 9.05. The van der Waals surface area contributed by atoms with E-state index in [1.165, 1.54) is 6.92 Å². The van der Waals surface area contributed by atoms with Gasteiger partial charge in [-0.2, -0.15) is 0 Å². The van der Waals surface area contributed by atoms with E-state index in [0.29, 0.717) is 0 Å². The highest BCUT2D eigenvalue weighted by Gasteiger charge is 2.26. The smallest absolute Gasteiger partial charge is 0.379 e. The van der Waals surface area contributed by atoms with Crippen LogP contribution in [-0.4, -0.2) is 23.5 Å². The number of carbonyl (C=O) groups is 2. The molecule has 0 aromatic heterocycles. The predicted molar refractivity (Wildman–Crippen MR) is 54.0 cm³/mol. The minimum atomic E-state index is -1.26. The van der Waals surface area contributed by atoms with Gasteiger partial charge in [-0.3, -0.25) is 4.79 Å². The van der Waals surface area contributed by atoms with E-state index in [1.807, 2.05) is 0 Å². The van der Waals surface area contributed by atoms with Gasteiger partial charge in [0.05, 0.1) is 11.6 Å². The number of hydrogen-bond acceptors (Lipinski definition) is 4. The number of ketones is 1. The van der Waals surface area contributed by atoms with Gasteiger partial charge in [0.2, 0.25) is 0 Å². The topological polar surface area (TPSA) is 63.6 Å². The van der Waals surface area contributed by atoms with E-state index in [4.69, 9.17) is 11.6 Å². The molecule has 0 radical (unpaired) electrons. The molecule has 0 aliphatic heterocycles. The van der Waals surface area contributed by atoms with Gasteiger partial charge in [-0.1, -0.05) is 11.6 Å². The number of hydrogen-bond donors (Lipinski definition) is 1. The zero-order chi connectivity index (χ0) is 12.3. The summed E-state index contributed by atoms with van der Waals surface area (Å²) in [4.78, 5) is 22.5. The molecule has 0 aliphatic rings. The van der Waals surface area contributed by atoms with Crippen LogP contribution in [-0.2, 0) is 9.53 Å². The molecule has 0 unspecified atom stereocenters. The lowest BCUT2D eigenvalue weighted by atomic mass is 10.1. The van der Waals surface area contributed by atoms with Gasteiger partial charge in [0.15, 0.2) is 5.82 Å². The predicted octanol–water partition coefficient (Wildman–Crippen LogP) is 1.93. The number of phenols is 1. The van der Waals surface area contributed by atoms with E-state index < -0.39 is 28.9 Å². The van der Waals surface area contributed by atoms with Crippen molar-refractivity contribution in [2.75, 3.05) is 6.61 Å². The first-order valence-electron chi connectivity index (χ1n) is 4.37. The van der Waals surface area contributed by atoms with Crippen molar-refractivity contribution >= 4 is 23.4 Å². The van der Waals surface area contributed by atoms with Gasteiger partial charge < -0.3 is 9.84 Å². The lowest BCUT2D eigenvalue weighted by Crippen LogP contribution is -2.19. The van der Waals surface area contributed by atoms with Crippen LogP contribution in [0.5, 0.6) is 5.75 Å². The minimum Gasteiger partial charge on any atom is -0.507 e. The van der Waals surface area contributed by atoms with Crippen molar-refractivity contribution in [1.29, 1.82) is 0 Å². The Hall–Kier alpha value is -1.62. The van der Waals surface area contributed by atoms with Gasteiger partial charge in [-0.15, -0.1) is 0 Å². The third-order valence-electron chi connectivity index (χ3n) is 1.76. The van der Waals surface area contributed by atoms with Crippen LogP contribution in [0.25, 0.3) is 0 Å². The molecule has 0 atom stereocenters. The van der Waals surface area contributed by atoms with Gasteiger partial charge in [-0.05, 0) is 19.1 Å². The van der Waals surface area contributed by atoms with Gasteiger partial charge in [-0.25, -0.2) is 9.18 Å². The Morgan fingerprint density at radius 3 is 2.69 bits per heavy atom. The summed E-state index contributed by atoms with van der Waals surface area (Å²) in [5, 5.41) is 8.92. The molecule has 0 fully saturated rings. The number of aromatic hydroxyl groups is 1. The number of ether oxygens (including phenoxy) is 1. The molecule has 0 saturated heterocycles. The molecule has 4 nitrogen and oxygen atoms in total. The lowest BCUT2D eigenvalue weighted by molar-refractivity contribution is -0.137. The van der Waals surface area contributed by atoms with E-state index in [1.54, 1.807) is 0 Å². The second kappa shape index (κ2) is 4.94. The molecule has 1 aromatic carbocycles. The largest absolute Gasteiger partial charge is 0.507 e. The second-order valence-corrected chi connectivity index (χ2v) is 3.21. The fraction of sp³-hybridized carbons (Fsp3) is 0.200. The van der Waals surface area contributed by atoms with Gasteiger partial charge in [0, 0.05) is 0 Å². The Morgan fingerprint density at radius 1 is 1.50 bits per heavy atom. The molecule has 1 aromatic rings. The first-order chi connectivity index (χ1) is 7.49. The van der Waals surface area contributed by atoms with E-state index in [0.717, 1.165) is 12.1 Å². The van der Waals surface area contributed by atoms with Crippen LogP contribution >= 0.6 is 11.6 Å². The van der Waals surface area contributed by atoms with Gasteiger partial charge in [0.25, 0.3) is 5.78 Å². The zero-order valence-electron chi connectivity index (χ0n) is 8.29. The number of esters is 1. The lowest BCUT2D eigenvalue weighted by Gasteiger charge is -2.05. The maximum absolute atomic E-state index is 13.4. The monoisotopic (exact) mass is 246 g/mol. The maximum Gasteiger partial charge on any atom is 0.379 e. The van der Waals surface area contributed by atoms with E-state index in [-0.39, 0.29) is 11.6 Å². The summed E-state index contributed by atoms with van der Waals surface area (Å²) < 4.78 is 17.8. The molecule has 0 aliphatic carbocycles. The molecule has 86 valence electrons. The molecule has 0 amide bonds. The standard InChI is InChI=1S/C10H8ClFO4/c1-2-16-10(15)9(14)7-6(13)4-3-5(11)8(7)12/h3-4,13H,2H2,1H3. The Labute approximate surface area is 95.6 Å². The van der Waals surface area contributed by atoms with Crippen LogP contribution in [0.3, 0.4) is 0 Å². The molecule has 16 heavy (non-hydrogen) atoms. The molecular formula is C10H8ClFO4. The Bertz CT molecular complexity index is 445. The summed E-state index contributed by atoms with van der Waals surface area (Å²) in [5.74, 6) is -4.29. The molecule has 0 saturated carbocycles. The van der Waals surface area contributed by atoms with Gasteiger partial charge >= 0.3 is 5.97 Å². The van der Waals surface area contributed by atoms with Crippen molar-refractivity contribution in [3.63, 3.8) is 0 Å². The average molecular weight is 247 g/mol. The van der Waals surface area contributed by atoms with Crippen molar-refractivity contribution < 1.29 is 23.8 Å². The molecule has 1 rings (SSSR count). The van der Waals surface area contributed by atoms with E-state index in [9.17, 15) is 19.1 Å². The molecule has 1 N–H and O–H groups in total. The molecule has 0 heterocycles. The van der Waals surface area contributed by atoms with E-state index >= 15 is 0 Å². The van der Waals surface area contributed by atoms with Crippen molar-refractivity contribution in [2.45, 2.75) is 6.92 Å². The molecular weight excluding hydrogens is 239 g/mol. The Balaban J connectivity index is 3.18. The summed E-state index contributed by atoms with van der Waals surface area (Å²) in [5.41, 5.74) is -0.772. The highest BCUT2D eigenvalue weighted by Crippen LogP contribution is 2.26. The highest BCUT2D eigenvalue weighted by molar-refractivity contribution is 6.42. The van der Waals surface area contributed by atoms with Crippen molar-refractivity contribution in [3.8, 4) is 5.75 Å². The number of Topliss-reactive ketones (excluding diaryl/α,β-unsaturated/α-hetero) is 1. The van der Waals surface area contributed by atoms with Crippen LogP contribution in [0.15, 0.2) is 12.1 Å². The van der Waals surface area contributed by atoms with Crippen LogP contribution in [0.2, 0.25) is 5.02 Å². The van der Waals surface area contributed by atoms with Crippen molar-refractivity contribution in [1.82, 2.24) is 0 Å². The Kier molecular flexibility index (Phi) is 3.84. The first kappa shape index (κ1) is 12.4. The van der Waals surface area contributed by atoms with E-state index in [2.05, 4.69) is 4.74 Å². The molecule has 0 spiro atoms. The maximum atomic E-state index is 13.4. The van der Waals surface area contributed by atoms with Crippen molar-refractivity contribution in [2.24, 2.45) is 0 Å². The fourth-order valence-electron chi connectivity index (χ4n) is 1.06. The number of rotatable bonds is 3. The normalized spacial score (nSPS) is 9.94. The SMILES string of the molecule is CCOC(=O)C(=O)c1c(O)ccc(Cl)c1F. The Morgan fingerprint density at radius 2 is 2.12 bits per heavy atom. The summed E-state index contributed by atoms with van der Waals surface area (Å²) in [6.07, 6.45) is 0. The summed E-state index contributed by atoms with van der Waals surface area (Å²) in [7, 11) is 0. The summed E-state index contributed by atoms with van der Waals surface area (Å²) >= 11 is 5.42. The van der Waals surface area contributed by atoms with Crippen LogP contribution in [0.1, 0.15) is 17.3 Å². The molecule has 6 heteroatoms. The van der Waals surface area contributed by atoms with Crippen LogP contribution in [0, 0.1) is 5.82 Å². The highest BCUT2D eigenvalue weighted by atomic mass is 35.5. The number of carbonyl (C=O) groups excluding carboxylic acids is 2. The third-order valence-corrected chi connectivity index (χ3v) is 2.05. The summed E-state index contributed by atoms with van der Waals surface area (Å²) in [6, 6.07) is 2.10. The second-order valence-electron chi connectivity index (χ2n) is 2.81. The quantitative estimate of drug-likeness (QED) is 0.503. The number of phenolic OH excluding ortho intramolecular Hbond substituents is 1. The minimum absolute atomic E-state index is 0.0203. The summed E-state index contributed by atoms with van der Waals surface area (Å²) in [6.45, 7) is 1.48. The van der Waals surface area contributed by atoms with Crippen molar-refractivity contribution in [3.05, 3.63) is 28.5 Å². The van der Waals surface area contributed by atoms with Gasteiger partial charge in [0.1, 0.15) is 11.3 Å².